The van der Waals surface area contributed by atoms with Crippen molar-refractivity contribution in [1.29, 1.82) is 0 Å². The third kappa shape index (κ3) is 1.92. The van der Waals surface area contributed by atoms with Crippen LogP contribution in [-0.2, 0) is 0 Å². The molecule has 3 rings (SSSR count). The van der Waals surface area contributed by atoms with E-state index in [4.69, 9.17) is 5.73 Å². The molecule has 0 saturated carbocycles. The number of H-pyrrole nitrogens is 1. The molecule has 6 heteroatoms. The number of nitrogens with two attached hydrogens (primary N) is 1. The minimum atomic E-state index is 0.548. The normalized spacial score (nSPS) is 10.9. The minimum absolute atomic E-state index is 0.548. The Morgan fingerprint density at radius 2 is 2.12 bits per heavy atom. The Bertz CT molecular complexity index is 640. The number of anilines is 1. The first-order valence-electron chi connectivity index (χ1n) is 4.89. The van der Waals surface area contributed by atoms with E-state index in [0.29, 0.717) is 5.82 Å². The fourth-order valence-electron chi connectivity index (χ4n) is 1.65. The van der Waals surface area contributed by atoms with Crippen molar-refractivity contribution >= 4 is 44.4 Å². The first kappa shape index (κ1) is 11.0. The molecule has 0 spiro atoms. The van der Waals surface area contributed by atoms with Gasteiger partial charge in [-0.25, -0.2) is 0 Å². The Morgan fingerprint density at radius 1 is 1.24 bits per heavy atom. The number of hydrogen-bond acceptors (Lipinski definition) is 4. The zero-order valence-corrected chi connectivity index (χ0v) is 11.8. The number of aromatic amines is 1. The molecule has 86 valence electrons. The predicted molar refractivity (Wildman–Crippen MR) is 77.3 cm³/mol. The second-order valence-electron chi connectivity index (χ2n) is 3.44. The van der Waals surface area contributed by atoms with Crippen LogP contribution in [0.4, 0.5) is 5.82 Å². The lowest BCUT2D eigenvalue weighted by atomic mass is 10.1. The van der Waals surface area contributed by atoms with Gasteiger partial charge >= 0.3 is 0 Å². The highest BCUT2D eigenvalue weighted by atomic mass is 79.9. The van der Waals surface area contributed by atoms with Gasteiger partial charge < -0.3 is 5.73 Å². The summed E-state index contributed by atoms with van der Waals surface area (Å²) in [5.74, 6) is 0.548. The van der Waals surface area contributed by atoms with E-state index in [1.165, 1.54) is 0 Å². The van der Waals surface area contributed by atoms with E-state index >= 15 is 0 Å². The molecule has 0 aliphatic carbocycles. The fraction of sp³-hybridized carbons (Fsp3) is 0. The monoisotopic (exact) mass is 325 g/mol. The van der Waals surface area contributed by atoms with Crippen molar-refractivity contribution in [3.8, 4) is 21.0 Å². The van der Waals surface area contributed by atoms with Crippen LogP contribution in [0.2, 0.25) is 0 Å². The van der Waals surface area contributed by atoms with Gasteiger partial charge in [0.15, 0.2) is 5.82 Å². The summed E-state index contributed by atoms with van der Waals surface area (Å²) in [7, 11) is 0. The van der Waals surface area contributed by atoms with Gasteiger partial charge in [-0.3, -0.25) is 5.10 Å². The number of hydrogen-bond donors (Lipinski definition) is 2. The molecular formula is C11H8BrN3S2. The lowest BCUT2D eigenvalue weighted by molar-refractivity contribution is 1.11. The van der Waals surface area contributed by atoms with Crippen LogP contribution in [0.25, 0.3) is 21.0 Å². The van der Waals surface area contributed by atoms with Gasteiger partial charge in [0, 0.05) is 4.88 Å². The Kier molecular flexibility index (Phi) is 2.78. The summed E-state index contributed by atoms with van der Waals surface area (Å²) in [5, 5.41) is 9.16. The molecule has 3 N–H and O–H groups in total. The van der Waals surface area contributed by atoms with Crippen LogP contribution < -0.4 is 5.73 Å². The molecule has 17 heavy (non-hydrogen) atoms. The maximum atomic E-state index is 5.93. The molecule has 0 aliphatic heterocycles. The van der Waals surface area contributed by atoms with Crippen molar-refractivity contribution in [3.05, 3.63) is 33.4 Å². The van der Waals surface area contributed by atoms with Crippen molar-refractivity contribution in [2.75, 3.05) is 5.73 Å². The molecule has 0 unspecified atom stereocenters. The third-order valence-corrected chi connectivity index (χ3v) is 4.91. The second-order valence-corrected chi connectivity index (χ2v) is 6.85. The Hall–Kier alpha value is -1.11. The molecule has 0 aliphatic rings. The van der Waals surface area contributed by atoms with E-state index in [1.54, 1.807) is 22.7 Å². The van der Waals surface area contributed by atoms with Crippen LogP contribution in [-0.4, -0.2) is 10.2 Å². The molecule has 3 heterocycles. The van der Waals surface area contributed by atoms with Crippen LogP contribution in [0.1, 0.15) is 0 Å². The van der Waals surface area contributed by atoms with Crippen LogP contribution in [0.15, 0.2) is 33.4 Å². The molecule has 0 saturated heterocycles. The second kappa shape index (κ2) is 4.29. The van der Waals surface area contributed by atoms with E-state index < -0.39 is 0 Å². The molecular weight excluding hydrogens is 318 g/mol. The van der Waals surface area contributed by atoms with E-state index in [1.807, 2.05) is 17.5 Å². The van der Waals surface area contributed by atoms with Crippen LogP contribution >= 0.6 is 38.6 Å². The van der Waals surface area contributed by atoms with E-state index in [-0.39, 0.29) is 0 Å². The molecule has 3 nitrogen and oxygen atoms in total. The SMILES string of the molecule is Nc1n[nH]c(-c2ccc(Br)s2)c1-c1cccs1. The van der Waals surface area contributed by atoms with E-state index in [9.17, 15) is 0 Å². The van der Waals surface area contributed by atoms with Crippen LogP contribution in [0.5, 0.6) is 0 Å². The molecule has 0 radical (unpaired) electrons. The van der Waals surface area contributed by atoms with Gasteiger partial charge in [0.25, 0.3) is 0 Å². The van der Waals surface area contributed by atoms with Crippen molar-refractivity contribution in [3.63, 3.8) is 0 Å². The smallest absolute Gasteiger partial charge is 0.154 e. The van der Waals surface area contributed by atoms with Gasteiger partial charge in [-0.05, 0) is 39.5 Å². The van der Waals surface area contributed by atoms with Gasteiger partial charge in [-0.2, -0.15) is 5.10 Å². The average Bonchev–Trinajstić information content (AvgIpc) is 2.97. The van der Waals surface area contributed by atoms with E-state index in [2.05, 4.69) is 38.3 Å². The summed E-state index contributed by atoms with van der Waals surface area (Å²) in [6.07, 6.45) is 0. The lowest BCUT2D eigenvalue weighted by Crippen LogP contribution is -1.86. The quantitative estimate of drug-likeness (QED) is 0.741. The zero-order valence-electron chi connectivity index (χ0n) is 8.61. The maximum absolute atomic E-state index is 5.93. The Labute approximate surface area is 114 Å². The summed E-state index contributed by atoms with van der Waals surface area (Å²) < 4.78 is 1.10. The molecule has 0 aromatic carbocycles. The van der Waals surface area contributed by atoms with Gasteiger partial charge in [-0.1, -0.05) is 6.07 Å². The summed E-state index contributed by atoms with van der Waals surface area (Å²) in [6, 6.07) is 8.15. The fourth-order valence-corrected chi connectivity index (χ4v) is 3.83. The number of aromatic nitrogens is 2. The van der Waals surface area contributed by atoms with E-state index in [0.717, 1.165) is 24.8 Å². The Balaban J connectivity index is 2.19. The van der Waals surface area contributed by atoms with Gasteiger partial charge in [-0.15, -0.1) is 22.7 Å². The number of rotatable bonds is 2. The largest absolute Gasteiger partial charge is 0.382 e. The molecule has 0 atom stereocenters. The highest BCUT2D eigenvalue weighted by Crippen LogP contribution is 2.40. The first-order valence-corrected chi connectivity index (χ1v) is 7.38. The summed E-state index contributed by atoms with van der Waals surface area (Å²) in [4.78, 5) is 2.26. The first-order chi connectivity index (χ1) is 8.25. The number of nitrogens with one attached hydrogen (secondary N) is 1. The van der Waals surface area contributed by atoms with Crippen LogP contribution in [0, 0.1) is 0 Å². The number of nitrogen functional groups attached to an aromatic ring is 1. The van der Waals surface area contributed by atoms with Gasteiger partial charge in [0.05, 0.1) is 19.9 Å². The summed E-state index contributed by atoms with van der Waals surface area (Å²) in [5.41, 5.74) is 7.92. The molecule has 3 aromatic heterocycles. The molecule has 0 fully saturated rings. The minimum Gasteiger partial charge on any atom is -0.382 e. The standard InChI is InChI=1S/C11H8BrN3S2/c12-8-4-3-7(17-8)10-9(11(13)15-14-10)6-2-1-5-16-6/h1-5H,(H3,13,14,15). The summed E-state index contributed by atoms with van der Waals surface area (Å²) >= 11 is 6.79. The van der Waals surface area contributed by atoms with Crippen LogP contribution in [0.3, 0.4) is 0 Å². The zero-order chi connectivity index (χ0) is 11.8. The molecule has 3 aromatic rings. The number of halogens is 1. The van der Waals surface area contributed by atoms with Crippen molar-refractivity contribution in [2.24, 2.45) is 0 Å². The summed E-state index contributed by atoms with van der Waals surface area (Å²) in [6.45, 7) is 0. The Morgan fingerprint density at radius 3 is 2.76 bits per heavy atom. The number of nitrogens with zero attached hydrogens (tertiary/aromatic N) is 1. The van der Waals surface area contributed by atoms with Crippen molar-refractivity contribution in [1.82, 2.24) is 10.2 Å². The predicted octanol–water partition coefficient (Wildman–Crippen LogP) is 4.21. The molecule has 0 bridgehead atoms. The topological polar surface area (TPSA) is 54.7 Å². The maximum Gasteiger partial charge on any atom is 0.154 e. The highest BCUT2D eigenvalue weighted by Gasteiger charge is 2.16. The van der Waals surface area contributed by atoms with Crippen molar-refractivity contribution < 1.29 is 0 Å². The van der Waals surface area contributed by atoms with Gasteiger partial charge in [0.1, 0.15) is 0 Å². The third-order valence-electron chi connectivity index (χ3n) is 2.38. The van der Waals surface area contributed by atoms with Crippen molar-refractivity contribution in [2.45, 2.75) is 0 Å². The number of thiophene rings is 2. The molecule has 0 amide bonds. The highest BCUT2D eigenvalue weighted by molar-refractivity contribution is 9.11. The van der Waals surface area contributed by atoms with Gasteiger partial charge in [0.2, 0.25) is 0 Å². The average molecular weight is 326 g/mol. The lowest BCUT2D eigenvalue weighted by Gasteiger charge is -1.98.